The van der Waals surface area contributed by atoms with Crippen LogP contribution in [-0.4, -0.2) is 22.3 Å². The van der Waals surface area contributed by atoms with E-state index in [2.05, 4.69) is 10.4 Å². The average molecular weight is 371 g/mol. The van der Waals surface area contributed by atoms with Gasteiger partial charge in [-0.1, -0.05) is 12.1 Å². The number of nitrogens with one attached hydrogen (secondary N) is 1. The summed E-state index contributed by atoms with van der Waals surface area (Å²) in [5, 5.41) is 9.02. The van der Waals surface area contributed by atoms with E-state index < -0.39 is 0 Å². The lowest BCUT2D eigenvalue weighted by Gasteiger charge is -2.10. The molecule has 6 nitrogen and oxygen atoms in total. The number of thiophene rings is 1. The lowest BCUT2D eigenvalue weighted by Crippen LogP contribution is -2.13. The van der Waals surface area contributed by atoms with Gasteiger partial charge in [-0.15, -0.1) is 11.3 Å². The van der Waals surface area contributed by atoms with Gasteiger partial charge in [-0.25, -0.2) is 0 Å². The highest BCUT2D eigenvalue weighted by molar-refractivity contribution is 7.12. The van der Waals surface area contributed by atoms with Gasteiger partial charge >= 0.3 is 0 Å². The van der Waals surface area contributed by atoms with E-state index in [9.17, 15) is 4.79 Å². The molecule has 26 heavy (non-hydrogen) atoms. The van der Waals surface area contributed by atoms with Gasteiger partial charge in [0.2, 0.25) is 0 Å². The summed E-state index contributed by atoms with van der Waals surface area (Å²) >= 11 is 1.39. The Hall–Kier alpha value is -2.80. The van der Waals surface area contributed by atoms with Crippen LogP contribution in [0.25, 0.3) is 0 Å². The zero-order valence-electron chi connectivity index (χ0n) is 15.0. The molecule has 0 aliphatic heterocycles. The van der Waals surface area contributed by atoms with Gasteiger partial charge in [0.05, 0.1) is 17.2 Å². The molecule has 1 aromatic carbocycles. The van der Waals surface area contributed by atoms with Crippen LogP contribution in [0, 0.1) is 6.92 Å². The van der Waals surface area contributed by atoms with Gasteiger partial charge in [-0.3, -0.25) is 9.48 Å². The monoisotopic (exact) mass is 371 g/mol. The molecule has 0 unspecified atom stereocenters. The molecule has 136 valence electrons. The zero-order valence-corrected chi connectivity index (χ0v) is 15.8. The Kier molecular flexibility index (Phi) is 5.58. The van der Waals surface area contributed by atoms with Crippen molar-refractivity contribution in [2.75, 3.05) is 11.9 Å². The maximum Gasteiger partial charge on any atom is 0.266 e. The third-order valence-electron chi connectivity index (χ3n) is 3.66. The van der Waals surface area contributed by atoms with E-state index in [-0.39, 0.29) is 5.91 Å². The summed E-state index contributed by atoms with van der Waals surface area (Å²) in [6, 6.07) is 11.2. The lowest BCUT2D eigenvalue weighted by molar-refractivity contribution is 0.102. The van der Waals surface area contributed by atoms with Crippen LogP contribution in [0.2, 0.25) is 0 Å². The molecule has 0 radical (unpaired) electrons. The fourth-order valence-corrected chi connectivity index (χ4v) is 3.27. The molecule has 7 heteroatoms. The van der Waals surface area contributed by atoms with E-state index in [1.165, 1.54) is 11.3 Å². The summed E-state index contributed by atoms with van der Waals surface area (Å²) in [5.74, 6) is 1.93. The fraction of sp³-hybridized carbons (Fsp3) is 0.263. The number of aromatic nitrogens is 2. The van der Waals surface area contributed by atoms with Crippen molar-refractivity contribution in [1.29, 1.82) is 0 Å². The molecule has 0 aliphatic carbocycles. The number of hydrogen-bond acceptors (Lipinski definition) is 5. The Balaban J connectivity index is 1.63. The lowest BCUT2D eigenvalue weighted by atomic mass is 10.3. The second-order valence-corrected chi connectivity index (χ2v) is 6.65. The number of amides is 1. The molecular formula is C19H21N3O3S. The molecule has 0 aliphatic rings. The number of para-hydroxylation sites is 2. The summed E-state index contributed by atoms with van der Waals surface area (Å²) in [6.45, 7) is 4.77. The van der Waals surface area contributed by atoms with Gasteiger partial charge in [-0.05, 0) is 37.4 Å². The van der Waals surface area contributed by atoms with Gasteiger partial charge in [0.25, 0.3) is 5.91 Å². The van der Waals surface area contributed by atoms with Gasteiger partial charge in [0, 0.05) is 18.7 Å². The topological polar surface area (TPSA) is 65.4 Å². The van der Waals surface area contributed by atoms with Crippen LogP contribution in [0.15, 0.2) is 41.8 Å². The van der Waals surface area contributed by atoms with Crippen molar-refractivity contribution in [2.45, 2.75) is 20.5 Å². The predicted octanol–water partition coefficient (Wildman–Crippen LogP) is 4.02. The first-order valence-electron chi connectivity index (χ1n) is 8.31. The van der Waals surface area contributed by atoms with Crippen molar-refractivity contribution in [3.05, 3.63) is 57.9 Å². The number of nitrogens with zero attached hydrogens (tertiary/aromatic N) is 2. The normalized spacial score (nSPS) is 10.6. The fourth-order valence-electron chi connectivity index (χ4n) is 2.48. The van der Waals surface area contributed by atoms with E-state index in [0.29, 0.717) is 29.7 Å². The predicted molar refractivity (Wildman–Crippen MR) is 102 cm³/mol. The Morgan fingerprint density at radius 1 is 1.23 bits per heavy atom. The highest BCUT2D eigenvalue weighted by Gasteiger charge is 2.13. The molecule has 0 spiro atoms. The molecule has 0 fully saturated rings. The van der Waals surface area contributed by atoms with Crippen molar-refractivity contribution < 1.29 is 14.3 Å². The molecule has 2 heterocycles. The number of benzene rings is 1. The Bertz CT molecular complexity index is 901. The van der Waals surface area contributed by atoms with Gasteiger partial charge < -0.3 is 14.8 Å². The first-order valence-corrected chi connectivity index (χ1v) is 9.19. The number of carbonyl (C=O) groups excluding carboxylic acids is 1. The number of hydrogen-bond donors (Lipinski definition) is 1. The van der Waals surface area contributed by atoms with Crippen LogP contribution in [0.5, 0.6) is 11.5 Å². The molecule has 3 rings (SSSR count). The first kappa shape index (κ1) is 18.0. The zero-order chi connectivity index (χ0) is 18.5. The van der Waals surface area contributed by atoms with Gasteiger partial charge in [-0.2, -0.15) is 5.10 Å². The van der Waals surface area contributed by atoms with Crippen LogP contribution >= 0.6 is 11.3 Å². The molecule has 0 saturated carbocycles. The van der Waals surface area contributed by atoms with Crippen LogP contribution in [0.3, 0.4) is 0 Å². The third kappa shape index (κ3) is 4.23. The Morgan fingerprint density at radius 2 is 1.96 bits per heavy atom. The second-order valence-electron chi connectivity index (χ2n) is 5.74. The van der Waals surface area contributed by atoms with Crippen LogP contribution in [0.1, 0.15) is 27.9 Å². The van der Waals surface area contributed by atoms with E-state index in [1.807, 2.05) is 55.6 Å². The minimum atomic E-state index is -0.154. The molecule has 1 N–H and O–H groups in total. The van der Waals surface area contributed by atoms with Crippen molar-refractivity contribution in [2.24, 2.45) is 7.05 Å². The smallest absolute Gasteiger partial charge is 0.266 e. The maximum atomic E-state index is 12.4. The maximum absolute atomic E-state index is 12.4. The van der Waals surface area contributed by atoms with E-state index in [0.717, 1.165) is 17.0 Å². The standard InChI is InChI=1S/C19H21N3O3S/c1-4-24-15-7-5-6-8-16(15)25-11-14-10-17(26-12-14)19(23)20-18-9-13(2)21-22(18)3/h5-10,12H,4,11H2,1-3H3,(H,20,23). The minimum Gasteiger partial charge on any atom is -0.490 e. The summed E-state index contributed by atoms with van der Waals surface area (Å²) in [4.78, 5) is 13.0. The molecule has 0 bridgehead atoms. The summed E-state index contributed by atoms with van der Waals surface area (Å²) in [7, 11) is 1.80. The van der Waals surface area contributed by atoms with E-state index in [4.69, 9.17) is 9.47 Å². The number of ether oxygens (including phenoxy) is 2. The molecule has 0 saturated heterocycles. The van der Waals surface area contributed by atoms with Gasteiger partial charge in [0.1, 0.15) is 12.4 Å². The summed E-state index contributed by atoms with van der Waals surface area (Å²) < 4.78 is 13.0. The molecular weight excluding hydrogens is 350 g/mol. The van der Waals surface area contributed by atoms with Crippen molar-refractivity contribution in [3.8, 4) is 11.5 Å². The SMILES string of the molecule is CCOc1ccccc1OCc1csc(C(=O)Nc2cc(C)nn2C)c1. The summed E-state index contributed by atoms with van der Waals surface area (Å²) in [6.07, 6.45) is 0. The van der Waals surface area contributed by atoms with Crippen LogP contribution in [-0.2, 0) is 13.7 Å². The minimum absolute atomic E-state index is 0.154. The van der Waals surface area contributed by atoms with E-state index >= 15 is 0 Å². The molecule has 3 aromatic rings. The number of aryl methyl sites for hydroxylation is 2. The van der Waals surface area contributed by atoms with Crippen LogP contribution < -0.4 is 14.8 Å². The molecule has 1 amide bonds. The van der Waals surface area contributed by atoms with Crippen molar-refractivity contribution in [3.63, 3.8) is 0 Å². The molecule has 0 atom stereocenters. The highest BCUT2D eigenvalue weighted by Crippen LogP contribution is 2.28. The van der Waals surface area contributed by atoms with Crippen LogP contribution in [0.4, 0.5) is 5.82 Å². The Labute approximate surface area is 156 Å². The first-order chi connectivity index (χ1) is 12.6. The van der Waals surface area contributed by atoms with Crippen molar-refractivity contribution in [1.82, 2.24) is 9.78 Å². The Morgan fingerprint density at radius 3 is 2.62 bits per heavy atom. The third-order valence-corrected chi connectivity index (χ3v) is 4.64. The summed E-state index contributed by atoms with van der Waals surface area (Å²) in [5.41, 5.74) is 1.80. The van der Waals surface area contributed by atoms with Gasteiger partial charge in [0.15, 0.2) is 11.5 Å². The number of carbonyl (C=O) groups is 1. The van der Waals surface area contributed by atoms with E-state index in [1.54, 1.807) is 11.7 Å². The van der Waals surface area contributed by atoms with Crippen molar-refractivity contribution >= 4 is 23.1 Å². The highest BCUT2D eigenvalue weighted by atomic mass is 32.1. The average Bonchev–Trinajstić information content (AvgIpc) is 3.21. The number of anilines is 1. The molecule has 2 aromatic heterocycles. The quantitative estimate of drug-likeness (QED) is 0.681. The number of rotatable bonds is 7. The second kappa shape index (κ2) is 8.05. The largest absolute Gasteiger partial charge is 0.490 e.